The summed E-state index contributed by atoms with van der Waals surface area (Å²) in [4.78, 5) is 0. The van der Waals surface area contributed by atoms with Gasteiger partial charge in [-0.2, -0.15) is 0 Å². The molecule has 0 atom stereocenters. The highest BCUT2D eigenvalue weighted by Gasteiger charge is 1.91. The van der Waals surface area contributed by atoms with Crippen LogP contribution in [0.25, 0.3) is 0 Å². The van der Waals surface area contributed by atoms with E-state index >= 15 is 0 Å². The number of benzene rings is 1. The molecule has 0 amide bonds. The molecule has 0 unspecified atom stereocenters. The Morgan fingerprint density at radius 1 is 1.18 bits per heavy atom. The van der Waals surface area contributed by atoms with Crippen molar-refractivity contribution in [2.75, 3.05) is 0 Å². The molecular formula is C9H12ClN. The first-order valence-electron chi connectivity index (χ1n) is 3.60. The molecule has 0 fully saturated rings. The van der Waals surface area contributed by atoms with Crippen molar-refractivity contribution in [2.24, 2.45) is 0 Å². The van der Waals surface area contributed by atoms with E-state index < -0.39 is 0 Å². The van der Waals surface area contributed by atoms with E-state index in [9.17, 15) is 0 Å². The van der Waals surface area contributed by atoms with Gasteiger partial charge in [0.1, 0.15) is 5.17 Å². The van der Waals surface area contributed by atoms with Crippen LogP contribution >= 0.6 is 11.6 Å². The summed E-state index contributed by atoms with van der Waals surface area (Å²) in [6.45, 7) is 4.00. The number of nitrogens with one attached hydrogen (secondary N) is 1. The number of hydrogen-bond donors (Lipinski definition) is 1. The van der Waals surface area contributed by atoms with Gasteiger partial charge >= 0.3 is 0 Å². The van der Waals surface area contributed by atoms with Crippen LogP contribution in [0.5, 0.6) is 0 Å². The Labute approximate surface area is 72.5 Å². The second kappa shape index (κ2) is 5.93. The maximum Gasteiger partial charge on any atom is 0.128 e. The molecule has 0 aliphatic rings. The van der Waals surface area contributed by atoms with E-state index in [1.165, 1.54) is 0 Å². The zero-order chi connectivity index (χ0) is 8.69. The highest BCUT2D eigenvalue weighted by atomic mass is 35.5. The largest absolute Gasteiger partial charge is 0.289 e. The summed E-state index contributed by atoms with van der Waals surface area (Å²) < 4.78 is 0. The molecule has 1 N–H and O–H groups in total. The zero-order valence-electron chi connectivity index (χ0n) is 6.76. The quantitative estimate of drug-likeness (QED) is 0.624. The lowest BCUT2D eigenvalue weighted by molar-refractivity contribution is 1.50. The number of halogens is 1. The van der Waals surface area contributed by atoms with Crippen LogP contribution in [0.4, 0.5) is 0 Å². The standard InChI is InChI=1S/C7H6ClN.C2H6/c8-7(9)6-4-2-1-3-5-6;1-2/h1-5,9H;1-2H3. The number of hydrogen-bond acceptors (Lipinski definition) is 1. The van der Waals surface area contributed by atoms with Crippen LogP contribution in [0, 0.1) is 5.41 Å². The van der Waals surface area contributed by atoms with Gasteiger partial charge in [-0.25, -0.2) is 0 Å². The smallest absolute Gasteiger partial charge is 0.128 e. The Morgan fingerprint density at radius 2 is 1.64 bits per heavy atom. The van der Waals surface area contributed by atoms with Gasteiger partial charge in [-0.15, -0.1) is 0 Å². The van der Waals surface area contributed by atoms with E-state index in [0.29, 0.717) is 0 Å². The summed E-state index contributed by atoms with van der Waals surface area (Å²) in [6, 6.07) is 9.20. The van der Waals surface area contributed by atoms with Gasteiger partial charge in [0, 0.05) is 5.56 Å². The van der Waals surface area contributed by atoms with E-state index in [2.05, 4.69) is 0 Å². The second-order valence-electron chi connectivity index (χ2n) is 1.68. The van der Waals surface area contributed by atoms with Crippen molar-refractivity contribution in [1.82, 2.24) is 0 Å². The monoisotopic (exact) mass is 169 g/mol. The van der Waals surface area contributed by atoms with Gasteiger partial charge in [-0.3, -0.25) is 5.41 Å². The molecule has 1 rings (SSSR count). The minimum absolute atomic E-state index is 0.0931. The van der Waals surface area contributed by atoms with Crippen LogP contribution in [-0.4, -0.2) is 5.17 Å². The Balaban J connectivity index is 0.000000461. The maximum atomic E-state index is 7.00. The predicted molar refractivity (Wildman–Crippen MR) is 50.5 cm³/mol. The topological polar surface area (TPSA) is 23.9 Å². The van der Waals surface area contributed by atoms with Crippen molar-refractivity contribution in [3.05, 3.63) is 35.9 Å². The van der Waals surface area contributed by atoms with Gasteiger partial charge in [0.05, 0.1) is 0 Å². The minimum Gasteiger partial charge on any atom is -0.289 e. The summed E-state index contributed by atoms with van der Waals surface area (Å²) in [5.41, 5.74) is 0.763. The van der Waals surface area contributed by atoms with Crippen molar-refractivity contribution >= 4 is 16.8 Å². The molecule has 0 aliphatic carbocycles. The first-order chi connectivity index (χ1) is 5.30. The van der Waals surface area contributed by atoms with Crippen LogP contribution in [0.3, 0.4) is 0 Å². The van der Waals surface area contributed by atoms with Gasteiger partial charge in [0.25, 0.3) is 0 Å². The van der Waals surface area contributed by atoms with Crippen LogP contribution < -0.4 is 0 Å². The Bertz CT molecular complexity index is 206. The summed E-state index contributed by atoms with van der Waals surface area (Å²) >= 11 is 5.39. The molecule has 11 heavy (non-hydrogen) atoms. The highest BCUT2D eigenvalue weighted by Crippen LogP contribution is 2.01. The van der Waals surface area contributed by atoms with Gasteiger partial charge < -0.3 is 0 Å². The van der Waals surface area contributed by atoms with Crippen molar-refractivity contribution in [3.63, 3.8) is 0 Å². The minimum atomic E-state index is 0.0931. The summed E-state index contributed by atoms with van der Waals surface area (Å²) in [5, 5.41) is 7.09. The molecule has 0 saturated heterocycles. The number of rotatable bonds is 1. The molecule has 1 aromatic rings. The molecule has 1 nitrogen and oxygen atoms in total. The van der Waals surface area contributed by atoms with E-state index in [0.717, 1.165) is 5.56 Å². The van der Waals surface area contributed by atoms with Crippen LogP contribution in [0.1, 0.15) is 19.4 Å². The molecular weight excluding hydrogens is 158 g/mol. The molecule has 0 heterocycles. The third-order valence-electron chi connectivity index (χ3n) is 1.03. The molecule has 0 radical (unpaired) electrons. The molecule has 0 aromatic heterocycles. The average molecular weight is 170 g/mol. The maximum absolute atomic E-state index is 7.00. The van der Waals surface area contributed by atoms with Crippen molar-refractivity contribution in [2.45, 2.75) is 13.8 Å². The molecule has 0 saturated carbocycles. The fraction of sp³-hybridized carbons (Fsp3) is 0.222. The first-order valence-corrected chi connectivity index (χ1v) is 3.98. The zero-order valence-corrected chi connectivity index (χ0v) is 7.52. The SMILES string of the molecule is CC.N=C(Cl)c1ccccc1. The predicted octanol–water partition coefficient (Wildman–Crippen LogP) is 3.28. The lowest BCUT2D eigenvalue weighted by Gasteiger charge is -1.90. The Morgan fingerprint density at radius 3 is 1.91 bits per heavy atom. The molecule has 1 aromatic carbocycles. The van der Waals surface area contributed by atoms with Crippen LogP contribution in [0.2, 0.25) is 0 Å². The highest BCUT2D eigenvalue weighted by molar-refractivity contribution is 6.68. The van der Waals surface area contributed by atoms with E-state index in [-0.39, 0.29) is 5.17 Å². The first kappa shape index (κ1) is 10.2. The van der Waals surface area contributed by atoms with Crippen LogP contribution in [0.15, 0.2) is 30.3 Å². The van der Waals surface area contributed by atoms with Gasteiger partial charge in [-0.05, 0) is 0 Å². The lowest BCUT2D eigenvalue weighted by Crippen LogP contribution is -1.84. The van der Waals surface area contributed by atoms with Gasteiger partial charge in [-0.1, -0.05) is 55.8 Å². The summed E-state index contributed by atoms with van der Waals surface area (Å²) in [7, 11) is 0. The fourth-order valence-corrected chi connectivity index (χ4v) is 0.710. The van der Waals surface area contributed by atoms with E-state index in [4.69, 9.17) is 17.0 Å². The summed E-state index contributed by atoms with van der Waals surface area (Å²) in [6.07, 6.45) is 0. The van der Waals surface area contributed by atoms with Gasteiger partial charge in [0.2, 0.25) is 0 Å². The fourth-order valence-electron chi connectivity index (χ4n) is 0.584. The summed E-state index contributed by atoms with van der Waals surface area (Å²) in [5.74, 6) is 0. The normalized spacial score (nSPS) is 7.91. The van der Waals surface area contributed by atoms with Crippen LogP contribution in [-0.2, 0) is 0 Å². The van der Waals surface area contributed by atoms with Gasteiger partial charge in [0.15, 0.2) is 0 Å². The lowest BCUT2D eigenvalue weighted by atomic mass is 10.2. The van der Waals surface area contributed by atoms with E-state index in [1.54, 1.807) is 12.1 Å². The third-order valence-corrected chi connectivity index (χ3v) is 1.25. The molecule has 0 aliphatic heterocycles. The molecule has 2 heteroatoms. The Hall–Kier alpha value is -0.820. The van der Waals surface area contributed by atoms with Crippen molar-refractivity contribution in [1.29, 1.82) is 5.41 Å². The average Bonchev–Trinajstić information content (AvgIpc) is 2.10. The molecule has 60 valence electrons. The third kappa shape index (κ3) is 3.79. The molecule has 0 spiro atoms. The second-order valence-corrected chi connectivity index (χ2v) is 2.06. The van der Waals surface area contributed by atoms with Crippen molar-refractivity contribution in [3.8, 4) is 0 Å². The van der Waals surface area contributed by atoms with Crippen molar-refractivity contribution < 1.29 is 0 Å². The molecule has 0 bridgehead atoms. The van der Waals surface area contributed by atoms with E-state index in [1.807, 2.05) is 32.0 Å². The Kier molecular flexibility index (Phi) is 5.49.